The Morgan fingerprint density at radius 3 is 2.62 bits per heavy atom. The zero-order valence-electron chi connectivity index (χ0n) is 14.4. The number of ether oxygens (including phenoxy) is 2. The molecule has 1 aromatic rings. The SMILES string of the molecule is CCOc1ccccc1CNC(=NC)NCC(=O)NCCOC.I. The number of benzene rings is 1. The van der Waals surface area contributed by atoms with Crippen LogP contribution in [0.4, 0.5) is 0 Å². The fourth-order valence-corrected chi connectivity index (χ4v) is 1.86. The first-order chi connectivity index (χ1) is 11.2. The molecule has 1 amide bonds. The van der Waals surface area contributed by atoms with Crippen LogP contribution in [0.25, 0.3) is 0 Å². The Morgan fingerprint density at radius 1 is 1.21 bits per heavy atom. The van der Waals surface area contributed by atoms with E-state index < -0.39 is 0 Å². The second-order valence-corrected chi connectivity index (χ2v) is 4.66. The number of para-hydroxylation sites is 1. The van der Waals surface area contributed by atoms with Gasteiger partial charge in [0.25, 0.3) is 0 Å². The highest BCUT2D eigenvalue weighted by Crippen LogP contribution is 2.17. The molecule has 24 heavy (non-hydrogen) atoms. The van der Waals surface area contributed by atoms with Gasteiger partial charge in [0.15, 0.2) is 5.96 Å². The number of hydrogen-bond donors (Lipinski definition) is 3. The van der Waals surface area contributed by atoms with Gasteiger partial charge >= 0.3 is 0 Å². The molecule has 0 saturated heterocycles. The number of rotatable bonds is 9. The third-order valence-electron chi connectivity index (χ3n) is 2.99. The Kier molecular flexibility index (Phi) is 13.0. The maximum atomic E-state index is 11.6. The molecule has 0 fully saturated rings. The van der Waals surface area contributed by atoms with Gasteiger partial charge in [0, 0.05) is 32.8 Å². The number of hydrogen-bond acceptors (Lipinski definition) is 4. The minimum atomic E-state index is -0.111. The molecule has 0 atom stereocenters. The normalized spacial score (nSPS) is 10.5. The van der Waals surface area contributed by atoms with Crippen molar-refractivity contribution in [3.8, 4) is 5.75 Å². The molecule has 0 radical (unpaired) electrons. The smallest absolute Gasteiger partial charge is 0.239 e. The molecule has 0 bridgehead atoms. The second-order valence-electron chi connectivity index (χ2n) is 4.66. The maximum absolute atomic E-state index is 11.6. The van der Waals surface area contributed by atoms with E-state index in [1.807, 2.05) is 31.2 Å². The average Bonchev–Trinajstić information content (AvgIpc) is 2.57. The summed E-state index contributed by atoms with van der Waals surface area (Å²) < 4.78 is 10.5. The summed E-state index contributed by atoms with van der Waals surface area (Å²) in [5.74, 6) is 1.29. The zero-order chi connectivity index (χ0) is 16.9. The van der Waals surface area contributed by atoms with Crippen molar-refractivity contribution >= 4 is 35.8 Å². The lowest BCUT2D eigenvalue weighted by Gasteiger charge is -2.14. The molecule has 7 nitrogen and oxygen atoms in total. The zero-order valence-corrected chi connectivity index (χ0v) is 16.8. The molecule has 8 heteroatoms. The van der Waals surface area contributed by atoms with Crippen LogP contribution >= 0.6 is 24.0 Å². The van der Waals surface area contributed by atoms with Gasteiger partial charge in [-0.05, 0) is 13.0 Å². The summed E-state index contributed by atoms with van der Waals surface area (Å²) in [7, 11) is 3.25. The lowest BCUT2D eigenvalue weighted by Crippen LogP contribution is -2.43. The molecule has 0 unspecified atom stereocenters. The van der Waals surface area contributed by atoms with Crippen molar-refractivity contribution in [2.24, 2.45) is 4.99 Å². The summed E-state index contributed by atoms with van der Waals surface area (Å²) in [6.07, 6.45) is 0. The summed E-state index contributed by atoms with van der Waals surface area (Å²) in [5, 5.41) is 8.86. The predicted molar refractivity (Wildman–Crippen MR) is 106 cm³/mol. The number of methoxy groups -OCH3 is 1. The van der Waals surface area contributed by atoms with Crippen molar-refractivity contribution in [1.29, 1.82) is 0 Å². The van der Waals surface area contributed by atoms with Crippen molar-refractivity contribution < 1.29 is 14.3 Å². The van der Waals surface area contributed by atoms with E-state index in [-0.39, 0.29) is 36.4 Å². The van der Waals surface area contributed by atoms with Crippen molar-refractivity contribution in [2.45, 2.75) is 13.5 Å². The third-order valence-corrected chi connectivity index (χ3v) is 2.99. The molecule has 3 N–H and O–H groups in total. The highest BCUT2D eigenvalue weighted by Gasteiger charge is 2.05. The molecule has 0 heterocycles. The van der Waals surface area contributed by atoms with Gasteiger partial charge < -0.3 is 25.4 Å². The van der Waals surface area contributed by atoms with Crippen LogP contribution in [-0.2, 0) is 16.1 Å². The van der Waals surface area contributed by atoms with Crippen molar-refractivity contribution in [1.82, 2.24) is 16.0 Å². The summed E-state index contributed by atoms with van der Waals surface area (Å²) in [6.45, 7) is 4.26. The van der Waals surface area contributed by atoms with Gasteiger partial charge in [-0.15, -0.1) is 24.0 Å². The van der Waals surface area contributed by atoms with E-state index in [2.05, 4.69) is 20.9 Å². The van der Waals surface area contributed by atoms with Crippen LogP contribution in [0.3, 0.4) is 0 Å². The van der Waals surface area contributed by atoms with Gasteiger partial charge in [-0.25, -0.2) is 0 Å². The molecule has 136 valence electrons. The van der Waals surface area contributed by atoms with Gasteiger partial charge in [0.05, 0.1) is 19.8 Å². The number of nitrogens with zero attached hydrogens (tertiary/aromatic N) is 1. The molecule has 0 saturated carbocycles. The predicted octanol–water partition coefficient (Wildman–Crippen LogP) is 1.13. The Morgan fingerprint density at radius 2 is 1.96 bits per heavy atom. The van der Waals surface area contributed by atoms with Crippen molar-refractivity contribution in [3.05, 3.63) is 29.8 Å². The van der Waals surface area contributed by atoms with Crippen LogP contribution in [0.1, 0.15) is 12.5 Å². The van der Waals surface area contributed by atoms with Gasteiger partial charge in [-0.2, -0.15) is 0 Å². The van der Waals surface area contributed by atoms with Crippen LogP contribution < -0.4 is 20.7 Å². The third kappa shape index (κ3) is 8.92. The Hall–Kier alpha value is -1.55. The lowest BCUT2D eigenvalue weighted by molar-refractivity contribution is -0.120. The Balaban J connectivity index is 0.00000529. The monoisotopic (exact) mass is 450 g/mol. The number of carbonyl (C=O) groups is 1. The van der Waals surface area contributed by atoms with E-state index >= 15 is 0 Å². The minimum Gasteiger partial charge on any atom is -0.494 e. The van der Waals surface area contributed by atoms with E-state index in [1.54, 1.807) is 14.2 Å². The molecule has 0 aliphatic carbocycles. The van der Waals surface area contributed by atoms with Gasteiger partial charge in [0.2, 0.25) is 5.91 Å². The van der Waals surface area contributed by atoms with E-state index in [0.717, 1.165) is 11.3 Å². The number of aliphatic imine (C=N–C) groups is 1. The number of guanidine groups is 1. The molecule has 1 rings (SSSR count). The van der Waals surface area contributed by atoms with Crippen LogP contribution in [0, 0.1) is 0 Å². The van der Waals surface area contributed by atoms with E-state index in [0.29, 0.717) is 32.3 Å². The van der Waals surface area contributed by atoms with Gasteiger partial charge in [-0.3, -0.25) is 9.79 Å². The van der Waals surface area contributed by atoms with Crippen LogP contribution in [-0.4, -0.2) is 52.3 Å². The molecule has 1 aromatic carbocycles. The Bertz CT molecular complexity index is 512. The van der Waals surface area contributed by atoms with E-state index in [9.17, 15) is 4.79 Å². The summed E-state index contributed by atoms with van der Waals surface area (Å²) in [4.78, 5) is 15.7. The molecule has 0 aliphatic heterocycles. The molecule has 0 spiro atoms. The number of nitrogens with one attached hydrogen (secondary N) is 3. The largest absolute Gasteiger partial charge is 0.494 e. The first-order valence-corrected chi connectivity index (χ1v) is 7.62. The Labute approximate surface area is 160 Å². The van der Waals surface area contributed by atoms with Crippen LogP contribution in [0.5, 0.6) is 5.75 Å². The fourth-order valence-electron chi connectivity index (χ4n) is 1.86. The second kappa shape index (κ2) is 13.8. The first kappa shape index (κ1) is 22.4. The minimum absolute atomic E-state index is 0. The lowest BCUT2D eigenvalue weighted by atomic mass is 10.2. The topological polar surface area (TPSA) is 84.0 Å². The quantitative estimate of drug-likeness (QED) is 0.228. The van der Waals surface area contributed by atoms with Crippen molar-refractivity contribution in [2.75, 3.05) is 40.5 Å². The highest BCUT2D eigenvalue weighted by molar-refractivity contribution is 14.0. The van der Waals surface area contributed by atoms with Crippen LogP contribution in [0.2, 0.25) is 0 Å². The fraction of sp³-hybridized carbons (Fsp3) is 0.500. The standard InChI is InChI=1S/C16H26N4O3.HI/c1-4-23-14-8-6-5-7-13(14)11-19-16(17-2)20-12-15(21)18-9-10-22-3;/h5-8H,4,9-12H2,1-3H3,(H,18,21)(H2,17,19,20);1H. The summed E-state index contributed by atoms with van der Waals surface area (Å²) in [5.41, 5.74) is 1.03. The van der Waals surface area contributed by atoms with Gasteiger partial charge in [-0.1, -0.05) is 18.2 Å². The van der Waals surface area contributed by atoms with E-state index in [4.69, 9.17) is 9.47 Å². The average molecular weight is 450 g/mol. The molecule has 0 aromatic heterocycles. The number of carbonyl (C=O) groups excluding carboxylic acids is 1. The molecule has 0 aliphatic rings. The maximum Gasteiger partial charge on any atom is 0.239 e. The van der Waals surface area contributed by atoms with Gasteiger partial charge in [0.1, 0.15) is 5.75 Å². The number of halogens is 1. The van der Waals surface area contributed by atoms with E-state index in [1.165, 1.54) is 0 Å². The highest BCUT2D eigenvalue weighted by atomic mass is 127. The molecular formula is C16H27IN4O3. The molecular weight excluding hydrogens is 423 g/mol. The van der Waals surface area contributed by atoms with Crippen molar-refractivity contribution in [3.63, 3.8) is 0 Å². The summed E-state index contributed by atoms with van der Waals surface area (Å²) in [6, 6.07) is 7.81. The summed E-state index contributed by atoms with van der Waals surface area (Å²) >= 11 is 0. The van der Waals surface area contributed by atoms with Crippen LogP contribution in [0.15, 0.2) is 29.3 Å². The number of amides is 1. The first-order valence-electron chi connectivity index (χ1n) is 7.62.